The van der Waals surface area contributed by atoms with Crippen LogP contribution in [0.4, 0.5) is 17.1 Å². The molecule has 10 rings (SSSR count). The maximum atomic E-state index is 6.21. The van der Waals surface area contributed by atoms with E-state index in [1.165, 1.54) is 52.8 Å². The number of fused-ring (bicyclic) bond motifs is 8. The molecule has 0 unspecified atom stereocenters. The molecule has 3 heteroatoms. The monoisotopic (exact) mass is 617 g/mol. The maximum absolute atomic E-state index is 6.21. The van der Waals surface area contributed by atoms with E-state index in [4.69, 9.17) is 4.42 Å². The first-order valence-electron chi connectivity index (χ1n) is 15.9. The van der Waals surface area contributed by atoms with Crippen molar-refractivity contribution in [3.05, 3.63) is 164 Å². The molecule has 220 valence electrons. The number of thiophene rings is 1. The average molecular weight is 618 g/mol. The molecule has 0 radical (unpaired) electrons. The van der Waals surface area contributed by atoms with Crippen molar-refractivity contribution in [2.45, 2.75) is 0 Å². The summed E-state index contributed by atoms with van der Waals surface area (Å²) in [6.45, 7) is 0. The predicted molar refractivity (Wildman–Crippen MR) is 202 cm³/mol. The van der Waals surface area contributed by atoms with Crippen LogP contribution in [-0.2, 0) is 0 Å². The standard InChI is InChI=1S/C44H27NOS/c1-2-10-35-28(8-1)9-7-13-36(35)29-16-19-32(20-17-29)45(34-22-23-42-39(27-34)37-11-3-5-14-41(37)46-42)33-21-18-30-26-44-40(25-31(30)24-33)38-12-4-6-15-43(38)47-44/h1-27H. The van der Waals surface area contributed by atoms with E-state index in [1.54, 1.807) is 0 Å². The van der Waals surface area contributed by atoms with Crippen LogP contribution in [0.1, 0.15) is 0 Å². The Hall–Kier alpha value is -5.90. The number of nitrogens with zero attached hydrogens (tertiary/aromatic N) is 1. The quantitative estimate of drug-likeness (QED) is 0.195. The molecule has 0 saturated heterocycles. The lowest BCUT2D eigenvalue weighted by Gasteiger charge is -2.26. The van der Waals surface area contributed by atoms with E-state index in [-0.39, 0.29) is 0 Å². The lowest BCUT2D eigenvalue weighted by atomic mass is 9.98. The summed E-state index contributed by atoms with van der Waals surface area (Å²) >= 11 is 1.86. The normalized spacial score (nSPS) is 11.8. The summed E-state index contributed by atoms with van der Waals surface area (Å²) < 4.78 is 8.86. The highest BCUT2D eigenvalue weighted by molar-refractivity contribution is 7.25. The van der Waals surface area contributed by atoms with Crippen LogP contribution in [-0.4, -0.2) is 0 Å². The number of para-hydroxylation sites is 1. The fraction of sp³-hybridized carbons (Fsp3) is 0. The van der Waals surface area contributed by atoms with Crippen LogP contribution >= 0.6 is 11.3 Å². The van der Waals surface area contributed by atoms with E-state index < -0.39 is 0 Å². The van der Waals surface area contributed by atoms with Gasteiger partial charge in [0.1, 0.15) is 11.2 Å². The van der Waals surface area contributed by atoms with Crippen molar-refractivity contribution in [2.75, 3.05) is 4.90 Å². The molecule has 0 atom stereocenters. The minimum Gasteiger partial charge on any atom is -0.456 e. The molecule has 2 nitrogen and oxygen atoms in total. The summed E-state index contributed by atoms with van der Waals surface area (Å²) in [5, 5.41) is 9.86. The van der Waals surface area contributed by atoms with Crippen molar-refractivity contribution in [2.24, 2.45) is 0 Å². The SMILES string of the molecule is c1ccc2c(-c3ccc(N(c4ccc5cc6sc7ccccc7c6cc5c4)c4ccc5oc6ccccc6c5c4)cc3)cccc2c1. The van der Waals surface area contributed by atoms with E-state index in [2.05, 4.69) is 157 Å². The van der Waals surface area contributed by atoms with Gasteiger partial charge in [-0.15, -0.1) is 11.3 Å². The minimum atomic E-state index is 0.895. The topological polar surface area (TPSA) is 16.4 Å². The maximum Gasteiger partial charge on any atom is 0.135 e. The van der Waals surface area contributed by atoms with Crippen LogP contribution in [0.15, 0.2) is 168 Å². The van der Waals surface area contributed by atoms with Gasteiger partial charge in [0.15, 0.2) is 0 Å². The van der Waals surface area contributed by atoms with Gasteiger partial charge >= 0.3 is 0 Å². The Kier molecular flexibility index (Phi) is 5.78. The van der Waals surface area contributed by atoms with Crippen molar-refractivity contribution in [3.63, 3.8) is 0 Å². The van der Waals surface area contributed by atoms with Crippen molar-refractivity contribution in [1.82, 2.24) is 0 Å². The van der Waals surface area contributed by atoms with Crippen molar-refractivity contribution < 1.29 is 4.42 Å². The van der Waals surface area contributed by atoms with E-state index in [9.17, 15) is 0 Å². The molecular weight excluding hydrogens is 591 g/mol. The molecule has 0 aliphatic carbocycles. The third-order valence-corrected chi connectivity index (χ3v) is 10.6. The Labute approximate surface area is 275 Å². The van der Waals surface area contributed by atoms with Crippen LogP contribution in [0, 0.1) is 0 Å². The van der Waals surface area contributed by atoms with E-state index in [1.807, 2.05) is 23.5 Å². The van der Waals surface area contributed by atoms with E-state index in [0.717, 1.165) is 39.0 Å². The summed E-state index contributed by atoms with van der Waals surface area (Å²) in [5.74, 6) is 0. The first-order chi connectivity index (χ1) is 23.3. The molecule has 2 aromatic heterocycles. The van der Waals surface area contributed by atoms with Gasteiger partial charge in [-0.05, 0) is 99.4 Å². The third kappa shape index (κ3) is 4.25. The van der Waals surface area contributed by atoms with Crippen LogP contribution < -0.4 is 4.90 Å². The summed E-state index contributed by atoms with van der Waals surface area (Å²) in [5.41, 5.74) is 7.54. The highest BCUT2D eigenvalue weighted by atomic mass is 32.1. The second-order valence-electron chi connectivity index (χ2n) is 12.2. The molecule has 0 aliphatic rings. The van der Waals surface area contributed by atoms with Gasteiger partial charge in [0.2, 0.25) is 0 Å². The zero-order chi connectivity index (χ0) is 30.9. The average Bonchev–Trinajstić information content (AvgIpc) is 3.68. The Morgan fingerprint density at radius 1 is 0.383 bits per heavy atom. The fourth-order valence-electron chi connectivity index (χ4n) is 7.16. The lowest BCUT2D eigenvalue weighted by molar-refractivity contribution is 0.669. The highest BCUT2D eigenvalue weighted by Gasteiger charge is 2.17. The Balaban J connectivity index is 1.16. The van der Waals surface area contributed by atoms with Gasteiger partial charge in [-0.25, -0.2) is 0 Å². The number of rotatable bonds is 4. The zero-order valence-electron chi connectivity index (χ0n) is 25.4. The molecule has 0 amide bonds. The van der Waals surface area contributed by atoms with Gasteiger partial charge in [-0.2, -0.15) is 0 Å². The number of hydrogen-bond donors (Lipinski definition) is 0. The Morgan fingerprint density at radius 2 is 1.09 bits per heavy atom. The lowest BCUT2D eigenvalue weighted by Crippen LogP contribution is -2.09. The van der Waals surface area contributed by atoms with Gasteiger partial charge in [0.25, 0.3) is 0 Å². The number of benzene rings is 8. The largest absolute Gasteiger partial charge is 0.456 e. The molecule has 0 bridgehead atoms. The first-order valence-corrected chi connectivity index (χ1v) is 16.7. The number of hydrogen-bond acceptors (Lipinski definition) is 3. The van der Waals surface area contributed by atoms with Gasteiger partial charge in [0.05, 0.1) is 0 Å². The van der Waals surface area contributed by atoms with Crippen LogP contribution in [0.2, 0.25) is 0 Å². The Bertz CT molecular complexity index is 2800. The molecular formula is C44H27NOS. The molecule has 0 saturated carbocycles. The van der Waals surface area contributed by atoms with Crippen LogP contribution in [0.3, 0.4) is 0 Å². The second-order valence-corrected chi connectivity index (χ2v) is 13.2. The fourth-order valence-corrected chi connectivity index (χ4v) is 8.30. The zero-order valence-corrected chi connectivity index (χ0v) is 26.2. The van der Waals surface area contributed by atoms with E-state index in [0.29, 0.717) is 0 Å². The molecule has 0 fully saturated rings. The molecule has 0 aliphatic heterocycles. The van der Waals surface area contributed by atoms with Crippen molar-refractivity contribution in [3.8, 4) is 11.1 Å². The smallest absolute Gasteiger partial charge is 0.135 e. The van der Waals surface area contributed by atoms with Crippen molar-refractivity contribution >= 4 is 92.1 Å². The summed E-state index contributed by atoms with van der Waals surface area (Å²) in [4.78, 5) is 2.36. The second kappa shape index (κ2) is 10.3. The molecule has 0 N–H and O–H groups in total. The minimum absolute atomic E-state index is 0.895. The predicted octanol–water partition coefficient (Wildman–Crippen LogP) is 13.4. The van der Waals surface area contributed by atoms with Gasteiger partial charge in [-0.3, -0.25) is 0 Å². The summed E-state index contributed by atoms with van der Waals surface area (Å²) in [7, 11) is 0. The van der Waals surface area contributed by atoms with E-state index >= 15 is 0 Å². The number of furan rings is 1. The highest BCUT2D eigenvalue weighted by Crippen LogP contribution is 2.42. The summed E-state index contributed by atoms with van der Waals surface area (Å²) in [6.07, 6.45) is 0. The molecule has 0 spiro atoms. The third-order valence-electron chi connectivity index (χ3n) is 9.42. The first kappa shape index (κ1) is 26.3. The number of anilines is 3. The van der Waals surface area contributed by atoms with Crippen LogP contribution in [0.25, 0.3) is 74.8 Å². The van der Waals surface area contributed by atoms with Crippen LogP contribution in [0.5, 0.6) is 0 Å². The molecule has 2 heterocycles. The van der Waals surface area contributed by atoms with Gasteiger partial charge in [-0.1, -0.05) is 97.1 Å². The van der Waals surface area contributed by atoms with Gasteiger partial charge < -0.3 is 9.32 Å². The molecule has 8 aromatic carbocycles. The van der Waals surface area contributed by atoms with Crippen molar-refractivity contribution in [1.29, 1.82) is 0 Å². The Morgan fingerprint density at radius 3 is 2.00 bits per heavy atom. The molecule has 10 aromatic rings. The van der Waals surface area contributed by atoms with Gasteiger partial charge in [0, 0.05) is 48.0 Å². The molecule has 47 heavy (non-hydrogen) atoms. The summed E-state index contributed by atoms with van der Waals surface area (Å²) in [6, 6.07) is 59.2.